The van der Waals surface area contributed by atoms with Gasteiger partial charge in [0.2, 0.25) is 0 Å². The molecule has 6 nitrogen and oxygen atoms in total. The summed E-state index contributed by atoms with van der Waals surface area (Å²) in [4.78, 5) is 23.2. The first-order valence-corrected chi connectivity index (χ1v) is 9.94. The maximum atomic E-state index is 11.6. The summed E-state index contributed by atoms with van der Waals surface area (Å²) in [5, 5.41) is 0. The van der Waals surface area contributed by atoms with Crippen LogP contribution in [0.25, 0.3) is 0 Å². The topological polar surface area (TPSA) is 71.1 Å². The summed E-state index contributed by atoms with van der Waals surface area (Å²) in [6.45, 7) is 4.68. The van der Waals surface area contributed by atoms with Crippen molar-refractivity contribution < 1.29 is 28.5 Å². The zero-order valence-corrected chi connectivity index (χ0v) is 17.1. The number of hydrogen-bond acceptors (Lipinski definition) is 6. The number of hydrogen-bond donors (Lipinski definition) is 0. The van der Waals surface area contributed by atoms with Gasteiger partial charge in [0.15, 0.2) is 0 Å². The Kier molecular flexibility index (Phi) is 16.5. The van der Waals surface area contributed by atoms with Crippen molar-refractivity contribution in [2.45, 2.75) is 90.3 Å². The second kappa shape index (κ2) is 17.3. The number of esters is 2. The summed E-state index contributed by atoms with van der Waals surface area (Å²) in [6.07, 6.45) is 8.43. The highest BCUT2D eigenvalue weighted by Crippen LogP contribution is 2.10. The Morgan fingerprint density at radius 2 is 1.00 bits per heavy atom. The van der Waals surface area contributed by atoms with E-state index in [9.17, 15) is 9.59 Å². The first kappa shape index (κ1) is 24.9. The van der Waals surface area contributed by atoms with Gasteiger partial charge in [0, 0.05) is 27.1 Å². The lowest BCUT2D eigenvalue weighted by Gasteiger charge is -2.13. The Hall–Kier alpha value is -1.14. The van der Waals surface area contributed by atoms with Crippen molar-refractivity contribution in [3.63, 3.8) is 0 Å². The van der Waals surface area contributed by atoms with E-state index in [1.54, 1.807) is 14.2 Å². The van der Waals surface area contributed by atoms with Crippen LogP contribution >= 0.6 is 0 Å². The van der Waals surface area contributed by atoms with Gasteiger partial charge in [-0.2, -0.15) is 0 Å². The Balaban J connectivity index is 3.45. The highest BCUT2D eigenvalue weighted by atomic mass is 16.6. The van der Waals surface area contributed by atoms with Gasteiger partial charge in [-0.05, 0) is 25.7 Å². The van der Waals surface area contributed by atoms with Crippen LogP contribution in [0, 0.1) is 0 Å². The average molecular weight is 375 g/mol. The lowest BCUT2D eigenvalue weighted by Crippen LogP contribution is -2.19. The van der Waals surface area contributed by atoms with E-state index in [0.29, 0.717) is 26.1 Å². The van der Waals surface area contributed by atoms with Gasteiger partial charge < -0.3 is 18.9 Å². The molecule has 0 spiro atoms. The first-order valence-electron chi connectivity index (χ1n) is 9.94. The molecule has 0 aromatic heterocycles. The van der Waals surface area contributed by atoms with Crippen molar-refractivity contribution in [2.75, 3.05) is 27.4 Å². The lowest BCUT2D eigenvalue weighted by molar-refractivity contribution is -0.148. The van der Waals surface area contributed by atoms with Crippen LogP contribution in [0.2, 0.25) is 0 Å². The van der Waals surface area contributed by atoms with Crippen molar-refractivity contribution in [2.24, 2.45) is 0 Å². The molecule has 6 heteroatoms. The molecule has 0 aliphatic rings. The second-order valence-corrected chi connectivity index (χ2v) is 6.52. The minimum atomic E-state index is -0.148. The van der Waals surface area contributed by atoms with Crippen LogP contribution in [0.15, 0.2) is 0 Å². The molecule has 0 radical (unpaired) electrons. The third-order valence-electron chi connectivity index (χ3n) is 4.45. The molecule has 0 fully saturated rings. The molecule has 0 aliphatic heterocycles. The Bertz CT molecular complexity index is 316. The SMILES string of the molecule is CCC(COC(=O)CCCCCCCCC(=O)OCC(CC)OC)OC. The summed E-state index contributed by atoms with van der Waals surface area (Å²) in [5.41, 5.74) is 0. The van der Waals surface area contributed by atoms with Crippen LogP contribution in [0.4, 0.5) is 0 Å². The summed E-state index contributed by atoms with van der Waals surface area (Å²) < 4.78 is 20.7. The van der Waals surface area contributed by atoms with Crippen molar-refractivity contribution in [1.82, 2.24) is 0 Å². The Morgan fingerprint density at radius 3 is 1.31 bits per heavy atom. The van der Waals surface area contributed by atoms with Gasteiger partial charge in [-0.1, -0.05) is 39.5 Å². The van der Waals surface area contributed by atoms with Crippen molar-refractivity contribution >= 4 is 11.9 Å². The highest BCUT2D eigenvalue weighted by Gasteiger charge is 2.10. The van der Waals surface area contributed by atoms with E-state index in [2.05, 4.69) is 0 Å². The molecule has 0 heterocycles. The van der Waals surface area contributed by atoms with Gasteiger partial charge in [0.05, 0.1) is 12.2 Å². The van der Waals surface area contributed by atoms with Crippen LogP contribution in [0.5, 0.6) is 0 Å². The molecule has 26 heavy (non-hydrogen) atoms. The normalized spacial score (nSPS) is 13.2. The van der Waals surface area contributed by atoms with Crippen LogP contribution in [-0.2, 0) is 28.5 Å². The predicted molar refractivity (Wildman–Crippen MR) is 101 cm³/mol. The highest BCUT2D eigenvalue weighted by molar-refractivity contribution is 5.69. The van der Waals surface area contributed by atoms with Gasteiger partial charge in [-0.3, -0.25) is 9.59 Å². The maximum absolute atomic E-state index is 11.6. The number of unbranched alkanes of at least 4 members (excludes halogenated alkanes) is 5. The number of carbonyl (C=O) groups is 2. The molecule has 0 saturated carbocycles. The van der Waals surface area contributed by atoms with Gasteiger partial charge in [0.25, 0.3) is 0 Å². The van der Waals surface area contributed by atoms with E-state index in [4.69, 9.17) is 18.9 Å². The molecule has 0 rings (SSSR count). The number of ether oxygens (including phenoxy) is 4. The van der Waals surface area contributed by atoms with Crippen molar-refractivity contribution in [1.29, 1.82) is 0 Å². The fourth-order valence-electron chi connectivity index (χ4n) is 2.47. The second-order valence-electron chi connectivity index (χ2n) is 6.52. The predicted octanol–water partition coefficient (Wildman–Crippen LogP) is 4.04. The molecule has 0 aromatic rings. The first-order chi connectivity index (χ1) is 12.6. The summed E-state index contributed by atoms with van der Waals surface area (Å²) in [5.74, 6) is -0.297. The number of carbonyl (C=O) groups excluding carboxylic acids is 2. The third-order valence-corrected chi connectivity index (χ3v) is 4.45. The standard InChI is InChI=1S/C20H38O6/c1-5-17(23-3)15-25-19(21)13-11-9-7-8-10-12-14-20(22)26-16-18(6-2)24-4/h17-18H,5-16H2,1-4H3. The summed E-state index contributed by atoms with van der Waals surface area (Å²) >= 11 is 0. The average Bonchev–Trinajstić information content (AvgIpc) is 2.65. The Labute approximate surface area is 158 Å². The fourth-order valence-corrected chi connectivity index (χ4v) is 2.47. The van der Waals surface area contributed by atoms with Crippen LogP contribution in [-0.4, -0.2) is 51.6 Å². The van der Waals surface area contributed by atoms with Crippen LogP contribution < -0.4 is 0 Å². The van der Waals surface area contributed by atoms with Gasteiger partial charge in [0.1, 0.15) is 13.2 Å². The molecule has 2 unspecified atom stereocenters. The largest absolute Gasteiger partial charge is 0.463 e. The van der Waals surface area contributed by atoms with E-state index in [1.807, 2.05) is 13.8 Å². The van der Waals surface area contributed by atoms with Crippen molar-refractivity contribution in [3.05, 3.63) is 0 Å². The summed E-state index contributed by atoms with van der Waals surface area (Å²) in [6, 6.07) is 0. The quantitative estimate of drug-likeness (QED) is 0.283. The molecule has 0 amide bonds. The van der Waals surface area contributed by atoms with E-state index in [-0.39, 0.29) is 24.1 Å². The molecule has 2 atom stereocenters. The monoisotopic (exact) mass is 374 g/mol. The van der Waals surface area contributed by atoms with E-state index in [1.165, 1.54) is 0 Å². The van der Waals surface area contributed by atoms with Gasteiger partial charge in [-0.15, -0.1) is 0 Å². The maximum Gasteiger partial charge on any atom is 0.305 e. The molecule has 154 valence electrons. The third kappa shape index (κ3) is 14.1. The lowest BCUT2D eigenvalue weighted by atomic mass is 10.1. The zero-order valence-electron chi connectivity index (χ0n) is 17.1. The van der Waals surface area contributed by atoms with Crippen LogP contribution in [0.1, 0.15) is 78.1 Å². The minimum Gasteiger partial charge on any atom is -0.463 e. The molecular weight excluding hydrogens is 336 g/mol. The number of methoxy groups -OCH3 is 2. The molecular formula is C20H38O6. The fraction of sp³-hybridized carbons (Fsp3) is 0.900. The van der Waals surface area contributed by atoms with Crippen molar-refractivity contribution in [3.8, 4) is 0 Å². The molecule has 0 saturated heterocycles. The Morgan fingerprint density at radius 1 is 0.654 bits per heavy atom. The van der Waals surface area contributed by atoms with E-state index < -0.39 is 0 Å². The van der Waals surface area contributed by atoms with Crippen LogP contribution in [0.3, 0.4) is 0 Å². The van der Waals surface area contributed by atoms with Gasteiger partial charge in [-0.25, -0.2) is 0 Å². The van der Waals surface area contributed by atoms with E-state index in [0.717, 1.165) is 51.4 Å². The number of rotatable bonds is 17. The van der Waals surface area contributed by atoms with E-state index >= 15 is 0 Å². The minimum absolute atomic E-state index is 0.00648. The summed E-state index contributed by atoms with van der Waals surface area (Å²) in [7, 11) is 3.26. The molecule has 0 aromatic carbocycles. The van der Waals surface area contributed by atoms with Gasteiger partial charge >= 0.3 is 11.9 Å². The molecule has 0 aliphatic carbocycles. The zero-order chi connectivity index (χ0) is 19.6. The smallest absolute Gasteiger partial charge is 0.305 e. The molecule has 0 N–H and O–H groups in total. The molecule has 0 bridgehead atoms.